The second kappa shape index (κ2) is 7.40. The van der Waals surface area contributed by atoms with Gasteiger partial charge in [-0.2, -0.15) is 0 Å². The maximum absolute atomic E-state index is 12.5. The molecule has 4 rings (SSSR count). The maximum Gasteiger partial charge on any atom is 0.243 e. The molecule has 0 aromatic heterocycles. The van der Waals surface area contributed by atoms with Crippen LogP contribution in [0.3, 0.4) is 0 Å². The standard InChI is InChI=1S/C20H23N3OS/c24-20(15-23-13-14-25-19-6-2-1-5-18(19)23)21-16-7-9-17(10-8-16)22-11-3-4-12-22/h1-2,5-10H,3-4,11-15H2,(H,21,24). The average molecular weight is 353 g/mol. The van der Waals surface area contributed by atoms with Crippen LogP contribution in [-0.4, -0.2) is 37.8 Å². The molecule has 0 radical (unpaired) electrons. The summed E-state index contributed by atoms with van der Waals surface area (Å²) in [5.41, 5.74) is 3.28. The summed E-state index contributed by atoms with van der Waals surface area (Å²) in [5.74, 6) is 1.06. The van der Waals surface area contributed by atoms with Crippen LogP contribution in [0, 0.1) is 0 Å². The van der Waals surface area contributed by atoms with Crippen molar-refractivity contribution in [2.45, 2.75) is 17.7 Å². The first kappa shape index (κ1) is 16.3. The fourth-order valence-electron chi connectivity index (χ4n) is 3.50. The summed E-state index contributed by atoms with van der Waals surface area (Å²) in [6, 6.07) is 16.5. The predicted octanol–water partition coefficient (Wildman–Crippen LogP) is 3.84. The number of benzene rings is 2. The van der Waals surface area contributed by atoms with Gasteiger partial charge in [0.15, 0.2) is 0 Å². The van der Waals surface area contributed by atoms with Gasteiger partial charge in [0, 0.05) is 41.7 Å². The zero-order valence-corrected chi connectivity index (χ0v) is 15.1. The van der Waals surface area contributed by atoms with Gasteiger partial charge in [-0.1, -0.05) is 12.1 Å². The van der Waals surface area contributed by atoms with Crippen molar-refractivity contribution < 1.29 is 4.79 Å². The zero-order chi connectivity index (χ0) is 17.1. The SMILES string of the molecule is O=C(CN1CCSc2ccccc21)Nc1ccc(N2CCCC2)cc1. The molecule has 1 fully saturated rings. The third-order valence-corrected chi connectivity index (χ3v) is 5.82. The number of nitrogens with zero attached hydrogens (tertiary/aromatic N) is 2. The fraction of sp³-hybridized carbons (Fsp3) is 0.350. The van der Waals surface area contributed by atoms with E-state index >= 15 is 0 Å². The summed E-state index contributed by atoms with van der Waals surface area (Å²) in [7, 11) is 0. The summed E-state index contributed by atoms with van der Waals surface area (Å²) in [4.78, 5) is 18.3. The van der Waals surface area contributed by atoms with Crippen LogP contribution in [0.25, 0.3) is 0 Å². The van der Waals surface area contributed by atoms with Crippen LogP contribution in [0.5, 0.6) is 0 Å². The Morgan fingerprint density at radius 1 is 1.00 bits per heavy atom. The van der Waals surface area contributed by atoms with Gasteiger partial charge in [0.2, 0.25) is 5.91 Å². The number of hydrogen-bond acceptors (Lipinski definition) is 4. The third-order valence-electron chi connectivity index (χ3n) is 4.78. The van der Waals surface area contributed by atoms with Gasteiger partial charge in [0.05, 0.1) is 12.2 Å². The quantitative estimate of drug-likeness (QED) is 0.906. The molecule has 5 heteroatoms. The van der Waals surface area contributed by atoms with Crippen LogP contribution < -0.4 is 15.1 Å². The highest BCUT2D eigenvalue weighted by Gasteiger charge is 2.19. The summed E-state index contributed by atoms with van der Waals surface area (Å²) < 4.78 is 0. The van der Waals surface area contributed by atoms with Crippen molar-refractivity contribution in [2.75, 3.05) is 47.0 Å². The molecule has 0 saturated carbocycles. The molecule has 0 spiro atoms. The molecule has 130 valence electrons. The molecule has 2 heterocycles. The summed E-state index contributed by atoms with van der Waals surface area (Å²) in [6.45, 7) is 3.57. The topological polar surface area (TPSA) is 35.6 Å². The van der Waals surface area contributed by atoms with E-state index in [0.29, 0.717) is 6.54 Å². The number of carbonyl (C=O) groups excluding carboxylic acids is 1. The van der Waals surface area contributed by atoms with Crippen LogP contribution in [0.15, 0.2) is 53.4 Å². The molecule has 2 aromatic rings. The number of carbonyl (C=O) groups is 1. The van der Waals surface area contributed by atoms with Crippen molar-refractivity contribution in [3.63, 3.8) is 0 Å². The fourth-order valence-corrected chi connectivity index (χ4v) is 4.55. The van der Waals surface area contributed by atoms with E-state index in [2.05, 4.69) is 45.4 Å². The van der Waals surface area contributed by atoms with Crippen LogP contribution in [0.4, 0.5) is 17.1 Å². The van der Waals surface area contributed by atoms with E-state index in [0.717, 1.165) is 31.1 Å². The molecule has 1 saturated heterocycles. The van der Waals surface area contributed by atoms with Gasteiger partial charge in [-0.25, -0.2) is 0 Å². The number of hydrogen-bond donors (Lipinski definition) is 1. The minimum Gasteiger partial charge on any atom is -0.372 e. The maximum atomic E-state index is 12.5. The van der Waals surface area contributed by atoms with Crippen LogP contribution in [0.2, 0.25) is 0 Å². The molecule has 25 heavy (non-hydrogen) atoms. The lowest BCUT2D eigenvalue weighted by atomic mass is 10.2. The van der Waals surface area contributed by atoms with Gasteiger partial charge in [-0.3, -0.25) is 4.79 Å². The second-order valence-corrected chi connectivity index (χ2v) is 7.66. The molecular weight excluding hydrogens is 330 g/mol. The Bertz CT molecular complexity index is 741. The Kier molecular flexibility index (Phi) is 4.83. The zero-order valence-electron chi connectivity index (χ0n) is 14.3. The van der Waals surface area contributed by atoms with Gasteiger partial charge in [0.25, 0.3) is 0 Å². The Morgan fingerprint density at radius 3 is 2.56 bits per heavy atom. The summed E-state index contributed by atoms with van der Waals surface area (Å²) in [5, 5.41) is 3.03. The molecule has 4 nitrogen and oxygen atoms in total. The number of thioether (sulfide) groups is 1. The lowest BCUT2D eigenvalue weighted by Crippen LogP contribution is -2.36. The molecule has 2 aliphatic rings. The number of fused-ring (bicyclic) bond motifs is 1. The van der Waals surface area contributed by atoms with E-state index in [-0.39, 0.29) is 5.91 Å². The lowest BCUT2D eigenvalue weighted by Gasteiger charge is -2.30. The largest absolute Gasteiger partial charge is 0.372 e. The van der Waals surface area contributed by atoms with Crippen molar-refractivity contribution in [3.05, 3.63) is 48.5 Å². The predicted molar refractivity (Wildman–Crippen MR) is 106 cm³/mol. The minimum absolute atomic E-state index is 0.0376. The third kappa shape index (κ3) is 3.76. The van der Waals surface area contributed by atoms with Crippen molar-refractivity contribution in [3.8, 4) is 0 Å². The minimum atomic E-state index is 0.0376. The molecule has 0 atom stereocenters. The van der Waals surface area contributed by atoms with Gasteiger partial charge < -0.3 is 15.1 Å². The van der Waals surface area contributed by atoms with Crippen molar-refractivity contribution in [1.29, 1.82) is 0 Å². The second-order valence-electron chi connectivity index (χ2n) is 6.53. The van der Waals surface area contributed by atoms with E-state index < -0.39 is 0 Å². The van der Waals surface area contributed by atoms with E-state index in [4.69, 9.17) is 0 Å². The van der Waals surface area contributed by atoms with Gasteiger partial charge in [-0.15, -0.1) is 11.8 Å². The first-order valence-corrected chi connectivity index (χ1v) is 9.90. The molecule has 0 aliphatic carbocycles. The lowest BCUT2D eigenvalue weighted by molar-refractivity contribution is -0.115. The Labute approximate surface area is 153 Å². The van der Waals surface area contributed by atoms with Crippen LogP contribution in [0.1, 0.15) is 12.8 Å². The molecule has 1 N–H and O–H groups in total. The normalized spacial score (nSPS) is 16.6. The highest BCUT2D eigenvalue weighted by molar-refractivity contribution is 7.99. The van der Waals surface area contributed by atoms with Gasteiger partial charge in [-0.05, 0) is 49.2 Å². The van der Waals surface area contributed by atoms with E-state index in [1.54, 1.807) is 0 Å². The van der Waals surface area contributed by atoms with Crippen LogP contribution >= 0.6 is 11.8 Å². The smallest absolute Gasteiger partial charge is 0.243 e. The molecule has 0 bridgehead atoms. The number of nitrogens with one attached hydrogen (secondary N) is 1. The summed E-state index contributed by atoms with van der Waals surface area (Å²) >= 11 is 1.86. The van der Waals surface area contributed by atoms with E-state index in [9.17, 15) is 4.79 Å². The summed E-state index contributed by atoms with van der Waals surface area (Å²) in [6.07, 6.45) is 2.54. The van der Waals surface area contributed by atoms with Gasteiger partial charge >= 0.3 is 0 Å². The molecule has 2 aromatic carbocycles. The number of anilines is 3. The Hall–Kier alpha value is -2.14. The molecule has 1 amide bonds. The average Bonchev–Trinajstić information content (AvgIpc) is 3.17. The molecule has 2 aliphatic heterocycles. The van der Waals surface area contributed by atoms with E-state index in [1.165, 1.54) is 29.1 Å². The van der Waals surface area contributed by atoms with E-state index in [1.807, 2.05) is 30.0 Å². The monoisotopic (exact) mass is 353 g/mol. The first-order chi connectivity index (χ1) is 12.3. The Morgan fingerprint density at radius 2 is 1.76 bits per heavy atom. The first-order valence-electron chi connectivity index (χ1n) is 8.91. The molecular formula is C20H23N3OS. The number of rotatable bonds is 4. The number of amides is 1. The number of para-hydroxylation sites is 1. The highest BCUT2D eigenvalue weighted by Crippen LogP contribution is 2.34. The van der Waals surface area contributed by atoms with Gasteiger partial charge in [0.1, 0.15) is 0 Å². The van der Waals surface area contributed by atoms with Crippen molar-refractivity contribution in [2.24, 2.45) is 0 Å². The van der Waals surface area contributed by atoms with Crippen molar-refractivity contribution in [1.82, 2.24) is 0 Å². The van der Waals surface area contributed by atoms with Crippen LogP contribution in [-0.2, 0) is 4.79 Å². The molecule has 0 unspecified atom stereocenters. The van der Waals surface area contributed by atoms with Crippen molar-refractivity contribution >= 4 is 34.7 Å². The highest BCUT2D eigenvalue weighted by atomic mass is 32.2. The Balaban J connectivity index is 1.38.